The Balaban J connectivity index is 1.46. The zero-order chi connectivity index (χ0) is 13.6. The first-order valence-electron chi connectivity index (χ1n) is 8.42. The number of hydrogen-bond acceptors (Lipinski definition) is 3. The molecule has 0 bridgehead atoms. The normalized spacial score (nSPS) is 22.6. The van der Waals surface area contributed by atoms with Gasteiger partial charge in [-0.05, 0) is 75.6 Å². The highest BCUT2D eigenvalue weighted by Gasteiger charge is 2.26. The monoisotopic (exact) mass is 292 g/mol. The molecular weight excluding hydrogens is 264 g/mol. The second-order valence-corrected chi connectivity index (χ2v) is 7.37. The molecule has 1 unspecified atom stereocenters. The lowest BCUT2D eigenvalue weighted by Crippen LogP contribution is -2.30. The van der Waals surface area contributed by atoms with Gasteiger partial charge >= 0.3 is 0 Å². The van der Waals surface area contributed by atoms with Crippen LogP contribution in [0, 0.1) is 5.92 Å². The van der Waals surface area contributed by atoms with Crippen molar-refractivity contribution in [3.05, 3.63) is 22.4 Å². The summed E-state index contributed by atoms with van der Waals surface area (Å²) in [4.78, 5) is 4.18. The highest BCUT2D eigenvalue weighted by atomic mass is 32.1. The first-order valence-corrected chi connectivity index (χ1v) is 9.30. The average Bonchev–Trinajstić information content (AvgIpc) is 3.22. The molecule has 2 aliphatic rings. The summed E-state index contributed by atoms with van der Waals surface area (Å²) >= 11 is 1.93. The van der Waals surface area contributed by atoms with Gasteiger partial charge in [0.15, 0.2) is 0 Å². The summed E-state index contributed by atoms with van der Waals surface area (Å²) in [6, 6.07) is 5.14. The highest BCUT2D eigenvalue weighted by Crippen LogP contribution is 2.37. The smallest absolute Gasteiger partial charge is 0.0443 e. The van der Waals surface area contributed by atoms with Crippen molar-refractivity contribution in [2.75, 3.05) is 26.2 Å². The molecule has 2 heterocycles. The van der Waals surface area contributed by atoms with Gasteiger partial charge in [0.1, 0.15) is 0 Å². The summed E-state index contributed by atoms with van der Waals surface area (Å²) in [5, 5.41) is 6.10. The fourth-order valence-corrected chi connectivity index (χ4v) is 4.72. The molecule has 20 heavy (non-hydrogen) atoms. The van der Waals surface area contributed by atoms with Crippen LogP contribution in [0.4, 0.5) is 0 Å². The van der Waals surface area contributed by atoms with Crippen LogP contribution in [-0.2, 0) is 0 Å². The molecule has 1 aromatic heterocycles. The van der Waals surface area contributed by atoms with Crippen molar-refractivity contribution < 1.29 is 0 Å². The minimum absolute atomic E-state index is 0.621. The Morgan fingerprint density at radius 1 is 1.20 bits per heavy atom. The lowest BCUT2D eigenvalue weighted by molar-refractivity contribution is 0.315. The van der Waals surface area contributed by atoms with Crippen molar-refractivity contribution in [2.24, 2.45) is 5.92 Å². The fraction of sp³-hybridized carbons (Fsp3) is 0.765. The van der Waals surface area contributed by atoms with Crippen LogP contribution in [0.1, 0.15) is 55.9 Å². The van der Waals surface area contributed by atoms with Crippen LogP contribution in [0.3, 0.4) is 0 Å². The molecule has 1 aromatic rings. The minimum Gasteiger partial charge on any atom is -0.309 e. The predicted octanol–water partition coefficient (Wildman–Crippen LogP) is 4.05. The maximum atomic E-state index is 3.87. The van der Waals surface area contributed by atoms with Crippen LogP contribution in [0.2, 0.25) is 0 Å². The molecule has 1 N–H and O–H groups in total. The molecule has 2 nitrogen and oxygen atoms in total. The molecule has 2 fully saturated rings. The zero-order valence-corrected chi connectivity index (χ0v) is 13.3. The Morgan fingerprint density at radius 2 is 2.00 bits per heavy atom. The van der Waals surface area contributed by atoms with Crippen molar-refractivity contribution in [3.8, 4) is 0 Å². The van der Waals surface area contributed by atoms with Gasteiger partial charge < -0.3 is 10.2 Å². The van der Waals surface area contributed by atoms with Gasteiger partial charge in [0.2, 0.25) is 0 Å². The van der Waals surface area contributed by atoms with Gasteiger partial charge in [-0.3, -0.25) is 0 Å². The number of rotatable bonds is 7. The maximum absolute atomic E-state index is 3.87. The third-order valence-corrected chi connectivity index (χ3v) is 5.89. The number of hydrogen-bond donors (Lipinski definition) is 1. The van der Waals surface area contributed by atoms with E-state index in [1.54, 1.807) is 4.88 Å². The van der Waals surface area contributed by atoms with Crippen molar-refractivity contribution in [1.82, 2.24) is 10.2 Å². The lowest BCUT2D eigenvalue weighted by Gasteiger charge is -2.24. The summed E-state index contributed by atoms with van der Waals surface area (Å²) in [7, 11) is 0. The Kier molecular flexibility index (Phi) is 5.51. The third kappa shape index (κ3) is 3.84. The van der Waals surface area contributed by atoms with Crippen molar-refractivity contribution in [2.45, 2.75) is 51.0 Å². The molecule has 3 heteroatoms. The molecule has 112 valence electrons. The first-order chi connectivity index (χ1) is 9.93. The van der Waals surface area contributed by atoms with E-state index in [9.17, 15) is 0 Å². The SMILES string of the molecule is c1csc(C(NCCCN2CCCC2)C2CCCC2)c1. The van der Waals surface area contributed by atoms with E-state index in [-0.39, 0.29) is 0 Å². The van der Waals surface area contributed by atoms with Crippen LogP contribution in [0.25, 0.3) is 0 Å². The minimum atomic E-state index is 0.621. The quantitative estimate of drug-likeness (QED) is 0.763. The van der Waals surface area contributed by atoms with E-state index in [4.69, 9.17) is 0 Å². The molecule has 0 amide bonds. The number of likely N-dealkylation sites (tertiary alicyclic amines) is 1. The average molecular weight is 292 g/mol. The number of nitrogens with one attached hydrogen (secondary N) is 1. The summed E-state index contributed by atoms with van der Waals surface area (Å²) in [5.41, 5.74) is 0. The first kappa shape index (κ1) is 14.6. The van der Waals surface area contributed by atoms with Gasteiger partial charge in [0, 0.05) is 10.9 Å². The zero-order valence-electron chi connectivity index (χ0n) is 12.5. The Hall–Kier alpha value is -0.380. The summed E-state index contributed by atoms with van der Waals surface area (Å²) in [5.74, 6) is 0.875. The van der Waals surface area contributed by atoms with E-state index in [0.29, 0.717) is 6.04 Å². The Bertz CT molecular complexity index is 364. The standard InChI is InChI=1S/C17H28N2S/c1-2-8-15(7-1)17(16-9-5-14-20-16)18-10-6-13-19-11-3-4-12-19/h5,9,14-15,17-18H,1-4,6-8,10-13H2. The van der Waals surface area contributed by atoms with Crippen LogP contribution in [-0.4, -0.2) is 31.1 Å². The summed E-state index contributed by atoms with van der Waals surface area (Å²) < 4.78 is 0. The van der Waals surface area contributed by atoms with Crippen molar-refractivity contribution in [1.29, 1.82) is 0 Å². The summed E-state index contributed by atoms with van der Waals surface area (Å²) in [6.07, 6.45) is 9.82. The van der Waals surface area contributed by atoms with E-state index in [2.05, 4.69) is 27.7 Å². The van der Waals surface area contributed by atoms with Gasteiger partial charge in [0.05, 0.1) is 0 Å². The molecule has 0 radical (unpaired) electrons. The number of thiophene rings is 1. The molecule has 1 aliphatic heterocycles. The Labute approximate surface area is 127 Å². The van der Waals surface area contributed by atoms with E-state index >= 15 is 0 Å². The molecule has 1 aliphatic carbocycles. The second-order valence-electron chi connectivity index (χ2n) is 6.39. The molecule has 0 spiro atoms. The largest absolute Gasteiger partial charge is 0.309 e. The van der Waals surface area contributed by atoms with Crippen LogP contribution >= 0.6 is 11.3 Å². The van der Waals surface area contributed by atoms with Crippen LogP contribution < -0.4 is 5.32 Å². The predicted molar refractivity (Wildman–Crippen MR) is 87.3 cm³/mol. The van der Waals surface area contributed by atoms with Crippen LogP contribution in [0.15, 0.2) is 17.5 Å². The third-order valence-electron chi connectivity index (χ3n) is 4.93. The molecule has 1 saturated carbocycles. The lowest BCUT2D eigenvalue weighted by atomic mass is 9.96. The van der Waals surface area contributed by atoms with Crippen LogP contribution in [0.5, 0.6) is 0 Å². The van der Waals surface area contributed by atoms with Gasteiger partial charge in [0.25, 0.3) is 0 Å². The molecule has 1 atom stereocenters. The maximum Gasteiger partial charge on any atom is 0.0443 e. The summed E-state index contributed by atoms with van der Waals surface area (Å²) in [6.45, 7) is 5.12. The molecule has 0 aromatic carbocycles. The van der Waals surface area contributed by atoms with E-state index in [1.807, 2.05) is 11.3 Å². The van der Waals surface area contributed by atoms with Gasteiger partial charge in [-0.1, -0.05) is 18.9 Å². The molecule has 3 rings (SSSR count). The van der Waals surface area contributed by atoms with Gasteiger partial charge in [-0.15, -0.1) is 11.3 Å². The van der Waals surface area contributed by atoms with Gasteiger partial charge in [-0.25, -0.2) is 0 Å². The van der Waals surface area contributed by atoms with E-state index < -0.39 is 0 Å². The van der Waals surface area contributed by atoms with E-state index in [0.717, 1.165) is 5.92 Å². The Morgan fingerprint density at radius 3 is 2.70 bits per heavy atom. The van der Waals surface area contributed by atoms with Gasteiger partial charge in [-0.2, -0.15) is 0 Å². The van der Waals surface area contributed by atoms with Crippen molar-refractivity contribution >= 4 is 11.3 Å². The van der Waals surface area contributed by atoms with E-state index in [1.165, 1.54) is 71.1 Å². The molecular formula is C17H28N2S. The second kappa shape index (κ2) is 7.58. The molecule has 1 saturated heterocycles. The number of nitrogens with zero attached hydrogens (tertiary/aromatic N) is 1. The van der Waals surface area contributed by atoms with Crippen molar-refractivity contribution in [3.63, 3.8) is 0 Å². The fourth-order valence-electron chi connectivity index (χ4n) is 3.82. The highest BCUT2D eigenvalue weighted by molar-refractivity contribution is 7.10. The topological polar surface area (TPSA) is 15.3 Å².